The van der Waals surface area contributed by atoms with E-state index < -0.39 is 28.3 Å². The second-order valence-electron chi connectivity index (χ2n) is 6.23. The molecule has 148 valence electrons. The summed E-state index contributed by atoms with van der Waals surface area (Å²) in [5.41, 5.74) is 0.194. The van der Waals surface area contributed by atoms with Gasteiger partial charge in [0.2, 0.25) is 0 Å². The minimum atomic E-state index is -4.72. The molecule has 0 saturated heterocycles. The molecular weight excluding hydrogens is 415 g/mol. The van der Waals surface area contributed by atoms with Crippen LogP contribution in [0.15, 0.2) is 35.2 Å². The Morgan fingerprint density at radius 2 is 1.70 bits per heavy atom. The van der Waals surface area contributed by atoms with Crippen molar-refractivity contribution >= 4 is 29.0 Å². The fourth-order valence-corrected chi connectivity index (χ4v) is 5.83. The molecule has 1 atom stereocenters. The van der Waals surface area contributed by atoms with E-state index in [4.69, 9.17) is 26.1 Å². The van der Waals surface area contributed by atoms with E-state index in [1.54, 1.807) is 32.9 Å². The Morgan fingerprint density at radius 1 is 1.15 bits per heavy atom. The van der Waals surface area contributed by atoms with Crippen molar-refractivity contribution < 1.29 is 32.6 Å². The average Bonchev–Trinajstić information content (AvgIpc) is 2.49. The number of ether oxygens (including phenoxy) is 1. The van der Waals surface area contributed by atoms with Gasteiger partial charge in [-0.2, -0.15) is 0 Å². The smallest absolute Gasteiger partial charge is 0.340 e. The van der Waals surface area contributed by atoms with Gasteiger partial charge in [-0.05, 0) is 62.2 Å². The maximum Gasteiger partial charge on any atom is 0.340 e. The lowest BCUT2D eigenvalue weighted by Gasteiger charge is -2.16. The first-order valence-electron chi connectivity index (χ1n) is 7.83. The zero-order valence-electron chi connectivity index (χ0n) is 14.9. The van der Waals surface area contributed by atoms with E-state index in [1.165, 1.54) is 18.2 Å². The molecule has 0 spiro atoms. The van der Waals surface area contributed by atoms with Crippen LogP contribution in [-0.2, 0) is 14.4 Å². The van der Waals surface area contributed by atoms with E-state index in [2.05, 4.69) is 0 Å². The van der Waals surface area contributed by atoms with Crippen LogP contribution in [0.1, 0.15) is 29.0 Å². The maximum absolute atomic E-state index is 12.2. The monoisotopic (exact) mass is 434 g/mol. The molecule has 1 unspecified atom stereocenters. The molecule has 0 aliphatic carbocycles. The van der Waals surface area contributed by atoms with Crippen molar-refractivity contribution in [2.75, 3.05) is 5.49 Å². The Kier molecular flexibility index (Phi) is 6.29. The van der Waals surface area contributed by atoms with Crippen LogP contribution in [0.4, 0.5) is 0 Å². The molecular formula is C17H20ClO7PS. The quantitative estimate of drug-likeness (QED) is 0.464. The van der Waals surface area contributed by atoms with Gasteiger partial charge in [0, 0.05) is 5.56 Å². The van der Waals surface area contributed by atoms with Crippen molar-refractivity contribution in [3.63, 3.8) is 0 Å². The minimum Gasteiger partial charge on any atom is -0.508 e. The number of sulfone groups is 1. The molecule has 0 aliphatic rings. The summed E-state index contributed by atoms with van der Waals surface area (Å²) < 4.78 is 41.3. The standard InChI is InChI=1S/C17H20ClO7PS/c1-10-6-14(27(23,24)9-26(20,21)22)7-11(2)17(10)25-13-4-5-16(19)15(8-13)12(3)18/h4-8,12,19H,9H2,1-3H3,(H2,20,21,22). The van der Waals surface area contributed by atoms with Gasteiger partial charge in [-0.25, -0.2) is 8.42 Å². The SMILES string of the molecule is Cc1cc(S(=O)(=O)CP(=O)(O)O)cc(C)c1Oc1ccc(O)c(C(C)Cl)c1. The van der Waals surface area contributed by atoms with Gasteiger partial charge in [-0.15, -0.1) is 11.6 Å². The molecule has 0 bridgehead atoms. The van der Waals surface area contributed by atoms with Gasteiger partial charge in [-0.1, -0.05) is 0 Å². The predicted molar refractivity (Wildman–Crippen MR) is 102 cm³/mol. The number of rotatable bonds is 6. The van der Waals surface area contributed by atoms with Crippen molar-refractivity contribution in [1.29, 1.82) is 0 Å². The van der Waals surface area contributed by atoms with Gasteiger partial charge in [0.1, 0.15) is 17.2 Å². The van der Waals surface area contributed by atoms with Crippen LogP contribution in [0, 0.1) is 13.8 Å². The Labute approximate surface area is 162 Å². The molecule has 0 aliphatic heterocycles. The number of phenols is 1. The van der Waals surface area contributed by atoms with Gasteiger partial charge >= 0.3 is 7.60 Å². The first-order valence-corrected chi connectivity index (χ1v) is 11.7. The second-order valence-corrected chi connectivity index (χ2v) is 11.0. The molecule has 0 aromatic heterocycles. The molecule has 2 rings (SSSR count). The van der Waals surface area contributed by atoms with Crippen LogP contribution in [-0.4, -0.2) is 28.8 Å². The number of hydrogen-bond acceptors (Lipinski definition) is 5. The van der Waals surface area contributed by atoms with Crippen LogP contribution in [0.2, 0.25) is 0 Å². The van der Waals surface area contributed by atoms with Crippen molar-refractivity contribution in [1.82, 2.24) is 0 Å². The molecule has 0 amide bonds. The normalized spacial score (nSPS) is 13.4. The Hall–Kier alpha value is -1.57. The summed E-state index contributed by atoms with van der Waals surface area (Å²) in [5, 5.41) is 9.39. The number of aryl methyl sites for hydroxylation is 2. The lowest BCUT2D eigenvalue weighted by Crippen LogP contribution is -2.08. The summed E-state index contributed by atoms with van der Waals surface area (Å²) in [4.78, 5) is 17.8. The molecule has 0 fully saturated rings. The summed E-state index contributed by atoms with van der Waals surface area (Å²) >= 11 is 6.02. The number of alkyl halides is 1. The topological polar surface area (TPSA) is 121 Å². The summed E-state index contributed by atoms with van der Waals surface area (Å²) in [6.45, 7) is 4.96. The molecule has 2 aromatic carbocycles. The van der Waals surface area contributed by atoms with Gasteiger partial charge < -0.3 is 19.6 Å². The van der Waals surface area contributed by atoms with Crippen LogP contribution in [0.25, 0.3) is 0 Å². The highest BCUT2D eigenvalue weighted by Crippen LogP contribution is 2.40. The zero-order chi connectivity index (χ0) is 20.6. The van der Waals surface area contributed by atoms with Gasteiger partial charge in [0.25, 0.3) is 0 Å². The zero-order valence-corrected chi connectivity index (χ0v) is 17.3. The lowest BCUT2D eigenvalue weighted by atomic mass is 10.1. The summed E-state index contributed by atoms with van der Waals surface area (Å²) in [5.74, 6) is 0.855. The Morgan fingerprint density at radius 3 is 2.19 bits per heavy atom. The fourth-order valence-electron chi connectivity index (χ4n) is 2.58. The van der Waals surface area contributed by atoms with Crippen LogP contribution in [0.3, 0.4) is 0 Å². The third-order valence-corrected chi connectivity index (χ3v) is 7.67. The molecule has 10 heteroatoms. The molecule has 0 heterocycles. The first kappa shape index (κ1) is 21.7. The highest BCUT2D eigenvalue weighted by atomic mass is 35.5. The minimum absolute atomic E-state index is 0.0390. The van der Waals surface area contributed by atoms with Crippen molar-refractivity contribution in [2.24, 2.45) is 0 Å². The van der Waals surface area contributed by atoms with Crippen molar-refractivity contribution in [3.8, 4) is 17.2 Å². The second kappa shape index (κ2) is 7.81. The summed E-state index contributed by atoms with van der Waals surface area (Å²) in [7, 11) is -8.87. The molecule has 0 radical (unpaired) electrons. The van der Waals surface area contributed by atoms with E-state index in [0.29, 0.717) is 28.2 Å². The van der Waals surface area contributed by atoms with Crippen LogP contribution in [0.5, 0.6) is 17.2 Å². The average molecular weight is 435 g/mol. The lowest BCUT2D eigenvalue weighted by molar-refractivity contribution is 0.378. The highest BCUT2D eigenvalue weighted by molar-refractivity contribution is 7.97. The Bertz CT molecular complexity index is 989. The van der Waals surface area contributed by atoms with Gasteiger partial charge in [0.05, 0.1) is 10.3 Å². The number of halogens is 1. The number of hydrogen-bond donors (Lipinski definition) is 3. The van der Waals surface area contributed by atoms with Crippen molar-refractivity contribution in [3.05, 3.63) is 47.0 Å². The van der Waals surface area contributed by atoms with Gasteiger partial charge in [-0.3, -0.25) is 4.57 Å². The largest absolute Gasteiger partial charge is 0.508 e. The molecule has 2 aromatic rings. The number of phenolic OH excluding ortho intramolecular Hbond substituents is 1. The predicted octanol–water partition coefficient (Wildman–Crippen LogP) is 4.01. The van der Waals surface area contributed by atoms with Crippen LogP contribution >= 0.6 is 19.2 Å². The summed E-state index contributed by atoms with van der Waals surface area (Å²) in [6.07, 6.45) is 0. The van der Waals surface area contributed by atoms with E-state index in [1.807, 2.05) is 0 Å². The number of benzene rings is 2. The summed E-state index contributed by atoms with van der Waals surface area (Å²) in [6, 6.07) is 7.20. The van der Waals surface area contributed by atoms with E-state index in [-0.39, 0.29) is 10.6 Å². The van der Waals surface area contributed by atoms with E-state index in [0.717, 1.165) is 0 Å². The van der Waals surface area contributed by atoms with Gasteiger partial charge in [0.15, 0.2) is 15.3 Å². The van der Waals surface area contributed by atoms with E-state index in [9.17, 15) is 18.1 Å². The molecule has 27 heavy (non-hydrogen) atoms. The first-order chi connectivity index (χ1) is 12.3. The molecule has 7 nitrogen and oxygen atoms in total. The molecule has 3 N–H and O–H groups in total. The molecule has 0 saturated carbocycles. The van der Waals surface area contributed by atoms with E-state index >= 15 is 0 Å². The van der Waals surface area contributed by atoms with Crippen molar-refractivity contribution in [2.45, 2.75) is 31.0 Å². The maximum atomic E-state index is 12.2. The fraction of sp³-hybridized carbons (Fsp3) is 0.294. The third kappa shape index (κ3) is 5.46. The third-order valence-electron chi connectivity index (χ3n) is 3.78. The van der Waals surface area contributed by atoms with Crippen LogP contribution < -0.4 is 4.74 Å². The number of aromatic hydroxyl groups is 1. The highest BCUT2D eigenvalue weighted by Gasteiger charge is 2.27. The Balaban J connectivity index is 2.41.